The quantitative estimate of drug-likeness (QED) is 0.765. The molecule has 0 spiro atoms. The van der Waals surface area contributed by atoms with Gasteiger partial charge in [-0.25, -0.2) is 0 Å². The third kappa shape index (κ3) is 3.23. The van der Waals surface area contributed by atoms with Crippen LogP contribution in [0.5, 0.6) is 0 Å². The largest absolute Gasteiger partial charge is 0.311 e. The third-order valence-corrected chi connectivity index (χ3v) is 4.62. The molecular weight excluding hydrogens is 208 g/mol. The molecule has 2 heteroatoms. The molecule has 1 saturated carbocycles. The molecule has 1 aliphatic heterocycles. The Labute approximate surface area is 107 Å². The van der Waals surface area contributed by atoms with Crippen LogP contribution in [0.2, 0.25) is 0 Å². The first-order valence-corrected chi connectivity index (χ1v) is 7.79. The minimum atomic E-state index is 0.755. The van der Waals surface area contributed by atoms with Gasteiger partial charge in [-0.1, -0.05) is 33.6 Å². The molecule has 0 aromatic carbocycles. The van der Waals surface area contributed by atoms with Crippen molar-refractivity contribution in [2.75, 3.05) is 13.1 Å². The SMILES string of the molecule is CCCC1CN(C2CC2CCC)C(CC)CN1. The molecule has 17 heavy (non-hydrogen) atoms. The van der Waals surface area contributed by atoms with Crippen molar-refractivity contribution in [3.8, 4) is 0 Å². The molecule has 0 radical (unpaired) electrons. The average Bonchev–Trinajstić information content (AvgIpc) is 3.09. The molecule has 0 bridgehead atoms. The van der Waals surface area contributed by atoms with Gasteiger partial charge in [-0.3, -0.25) is 4.90 Å². The van der Waals surface area contributed by atoms with Crippen molar-refractivity contribution in [3.05, 3.63) is 0 Å². The topological polar surface area (TPSA) is 15.3 Å². The molecule has 2 aliphatic rings. The van der Waals surface area contributed by atoms with Crippen LogP contribution >= 0.6 is 0 Å². The van der Waals surface area contributed by atoms with E-state index in [9.17, 15) is 0 Å². The summed E-state index contributed by atoms with van der Waals surface area (Å²) < 4.78 is 0. The molecule has 2 fully saturated rings. The molecule has 0 aromatic rings. The van der Waals surface area contributed by atoms with E-state index in [0.717, 1.165) is 24.0 Å². The Hall–Kier alpha value is -0.0800. The molecule has 1 heterocycles. The molecule has 2 rings (SSSR count). The molecule has 0 aromatic heterocycles. The fraction of sp³-hybridized carbons (Fsp3) is 1.00. The van der Waals surface area contributed by atoms with Crippen molar-refractivity contribution in [2.45, 2.75) is 77.4 Å². The summed E-state index contributed by atoms with van der Waals surface area (Å²) in [4.78, 5) is 2.84. The second-order valence-corrected chi connectivity index (χ2v) is 6.00. The van der Waals surface area contributed by atoms with E-state index in [2.05, 4.69) is 31.0 Å². The summed E-state index contributed by atoms with van der Waals surface area (Å²) in [5.74, 6) is 1.02. The molecule has 1 aliphatic carbocycles. The van der Waals surface area contributed by atoms with Gasteiger partial charge in [-0.2, -0.15) is 0 Å². The Morgan fingerprint density at radius 1 is 1.12 bits per heavy atom. The Bertz CT molecular complexity index is 229. The van der Waals surface area contributed by atoms with Crippen LogP contribution in [0.25, 0.3) is 0 Å². The van der Waals surface area contributed by atoms with Gasteiger partial charge >= 0.3 is 0 Å². The number of piperazine rings is 1. The summed E-state index contributed by atoms with van der Waals surface area (Å²) in [6.07, 6.45) is 8.25. The van der Waals surface area contributed by atoms with Crippen LogP contribution in [0.1, 0.15) is 59.3 Å². The lowest BCUT2D eigenvalue weighted by atomic mass is 10.0. The average molecular weight is 238 g/mol. The van der Waals surface area contributed by atoms with Crippen LogP contribution in [0.4, 0.5) is 0 Å². The van der Waals surface area contributed by atoms with E-state index in [1.165, 1.54) is 51.6 Å². The number of nitrogens with zero attached hydrogens (tertiary/aromatic N) is 1. The van der Waals surface area contributed by atoms with Crippen LogP contribution in [-0.4, -0.2) is 36.1 Å². The fourth-order valence-corrected chi connectivity index (χ4v) is 3.53. The predicted octanol–water partition coefficient (Wildman–Crippen LogP) is 3.03. The Kier molecular flexibility index (Phi) is 4.87. The summed E-state index contributed by atoms with van der Waals surface area (Å²) >= 11 is 0. The summed E-state index contributed by atoms with van der Waals surface area (Å²) in [6, 6.07) is 2.49. The van der Waals surface area contributed by atoms with Gasteiger partial charge in [-0.15, -0.1) is 0 Å². The maximum absolute atomic E-state index is 3.74. The van der Waals surface area contributed by atoms with E-state index in [1.807, 2.05) is 0 Å². The normalized spacial score (nSPS) is 38.3. The van der Waals surface area contributed by atoms with Crippen molar-refractivity contribution in [3.63, 3.8) is 0 Å². The van der Waals surface area contributed by atoms with E-state index in [4.69, 9.17) is 0 Å². The number of hydrogen-bond acceptors (Lipinski definition) is 2. The molecular formula is C15H30N2. The van der Waals surface area contributed by atoms with Gasteiger partial charge in [0.1, 0.15) is 0 Å². The lowest BCUT2D eigenvalue weighted by Crippen LogP contribution is -2.57. The first-order chi connectivity index (χ1) is 8.30. The first-order valence-electron chi connectivity index (χ1n) is 7.79. The van der Waals surface area contributed by atoms with Gasteiger partial charge in [0.2, 0.25) is 0 Å². The number of hydrogen-bond donors (Lipinski definition) is 1. The molecule has 100 valence electrons. The highest BCUT2D eigenvalue weighted by molar-refractivity contribution is 5.00. The molecule has 0 amide bonds. The Balaban J connectivity index is 1.87. The van der Waals surface area contributed by atoms with Crippen molar-refractivity contribution < 1.29 is 0 Å². The molecule has 4 atom stereocenters. The first kappa shape index (κ1) is 13.4. The smallest absolute Gasteiger partial charge is 0.0221 e. The van der Waals surface area contributed by atoms with Crippen LogP contribution in [0, 0.1) is 5.92 Å². The van der Waals surface area contributed by atoms with E-state index in [1.54, 1.807) is 0 Å². The highest BCUT2D eigenvalue weighted by Crippen LogP contribution is 2.41. The summed E-state index contributed by atoms with van der Waals surface area (Å²) in [6.45, 7) is 9.49. The molecule has 2 nitrogen and oxygen atoms in total. The summed E-state index contributed by atoms with van der Waals surface area (Å²) in [5, 5.41) is 3.74. The fourth-order valence-electron chi connectivity index (χ4n) is 3.53. The standard InChI is InChI=1S/C15H30N2/c1-4-7-12-9-15(12)17-11-13(8-5-2)16-10-14(17)6-3/h12-16H,4-11H2,1-3H3. The van der Waals surface area contributed by atoms with Gasteiger partial charge < -0.3 is 5.32 Å². The van der Waals surface area contributed by atoms with Gasteiger partial charge in [0.05, 0.1) is 0 Å². The Morgan fingerprint density at radius 2 is 1.88 bits per heavy atom. The number of rotatable bonds is 6. The second kappa shape index (κ2) is 6.19. The van der Waals surface area contributed by atoms with Crippen molar-refractivity contribution in [1.82, 2.24) is 10.2 Å². The summed E-state index contributed by atoms with van der Waals surface area (Å²) in [5.41, 5.74) is 0. The van der Waals surface area contributed by atoms with E-state index in [-0.39, 0.29) is 0 Å². The summed E-state index contributed by atoms with van der Waals surface area (Å²) in [7, 11) is 0. The van der Waals surface area contributed by atoms with E-state index in [0.29, 0.717) is 0 Å². The van der Waals surface area contributed by atoms with E-state index < -0.39 is 0 Å². The van der Waals surface area contributed by atoms with Gasteiger partial charge in [0.25, 0.3) is 0 Å². The minimum absolute atomic E-state index is 0.755. The second-order valence-electron chi connectivity index (χ2n) is 6.00. The third-order valence-electron chi connectivity index (χ3n) is 4.62. The number of nitrogens with one attached hydrogen (secondary N) is 1. The molecule has 4 unspecified atom stereocenters. The maximum Gasteiger partial charge on any atom is 0.0221 e. The Morgan fingerprint density at radius 3 is 2.53 bits per heavy atom. The van der Waals surface area contributed by atoms with Crippen LogP contribution in [-0.2, 0) is 0 Å². The van der Waals surface area contributed by atoms with E-state index >= 15 is 0 Å². The zero-order valence-electron chi connectivity index (χ0n) is 11.9. The molecule has 1 saturated heterocycles. The van der Waals surface area contributed by atoms with Crippen LogP contribution in [0.3, 0.4) is 0 Å². The van der Waals surface area contributed by atoms with Gasteiger partial charge in [0.15, 0.2) is 0 Å². The van der Waals surface area contributed by atoms with Gasteiger partial charge in [0, 0.05) is 31.2 Å². The highest BCUT2D eigenvalue weighted by atomic mass is 15.3. The van der Waals surface area contributed by atoms with Crippen molar-refractivity contribution in [1.29, 1.82) is 0 Å². The highest BCUT2D eigenvalue weighted by Gasteiger charge is 2.44. The lowest BCUT2D eigenvalue weighted by molar-refractivity contribution is 0.108. The van der Waals surface area contributed by atoms with Crippen molar-refractivity contribution in [2.24, 2.45) is 5.92 Å². The van der Waals surface area contributed by atoms with Crippen LogP contribution < -0.4 is 5.32 Å². The lowest BCUT2D eigenvalue weighted by Gasteiger charge is -2.41. The molecule has 1 N–H and O–H groups in total. The van der Waals surface area contributed by atoms with Gasteiger partial charge in [-0.05, 0) is 31.6 Å². The predicted molar refractivity (Wildman–Crippen MR) is 74.3 cm³/mol. The van der Waals surface area contributed by atoms with Crippen molar-refractivity contribution >= 4 is 0 Å². The zero-order chi connectivity index (χ0) is 12.3. The zero-order valence-corrected chi connectivity index (χ0v) is 11.9. The maximum atomic E-state index is 3.74. The monoisotopic (exact) mass is 238 g/mol. The minimum Gasteiger partial charge on any atom is -0.311 e. The van der Waals surface area contributed by atoms with Crippen LogP contribution in [0.15, 0.2) is 0 Å².